The summed E-state index contributed by atoms with van der Waals surface area (Å²) in [7, 11) is 0. The van der Waals surface area contributed by atoms with E-state index in [0.717, 1.165) is 16.9 Å². The molecule has 3 nitrogen and oxygen atoms in total. The van der Waals surface area contributed by atoms with Crippen LogP contribution in [0.1, 0.15) is 37.4 Å². The lowest BCUT2D eigenvalue weighted by Gasteiger charge is -2.21. The van der Waals surface area contributed by atoms with Gasteiger partial charge in [-0.15, -0.1) is 0 Å². The van der Waals surface area contributed by atoms with Crippen molar-refractivity contribution in [2.75, 3.05) is 0 Å². The molecule has 2 aromatic rings. The molecule has 0 aromatic heterocycles. The van der Waals surface area contributed by atoms with Crippen molar-refractivity contribution in [2.45, 2.75) is 39.3 Å². The van der Waals surface area contributed by atoms with E-state index >= 15 is 0 Å². The molecule has 0 heterocycles. The van der Waals surface area contributed by atoms with E-state index in [0.29, 0.717) is 6.42 Å². The molecular formula is C19H23NO2. The molecule has 2 aromatic carbocycles. The Bertz CT molecular complexity index is 610. The minimum atomic E-state index is -0.479. The number of carbonyl (C=O) groups is 1. The van der Waals surface area contributed by atoms with Crippen LogP contribution in [-0.2, 0) is 4.79 Å². The molecule has 0 saturated carbocycles. The van der Waals surface area contributed by atoms with Crippen molar-refractivity contribution in [1.82, 2.24) is 5.32 Å². The van der Waals surface area contributed by atoms with E-state index < -0.39 is 6.10 Å². The van der Waals surface area contributed by atoms with E-state index in [1.807, 2.05) is 75.4 Å². The molecule has 0 fully saturated rings. The van der Waals surface area contributed by atoms with E-state index in [1.165, 1.54) is 0 Å². The second-order valence-electron chi connectivity index (χ2n) is 5.47. The summed E-state index contributed by atoms with van der Waals surface area (Å²) in [4.78, 5) is 12.4. The number of carbonyl (C=O) groups excluding carboxylic acids is 1. The minimum Gasteiger partial charge on any atom is -0.481 e. The maximum Gasteiger partial charge on any atom is 0.261 e. The molecule has 0 aliphatic carbocycles. The third-order valence-corrected chi connectivity index (χ3v) is 3.59. The molecule has 116 valence electrons. The van der Waals surface area contributed by atoms with Crippen molar-refractivity contribution in [3.63, 3.8) is 0 Å². The highest BCUT2D eigenvalue weighted by atomic mass is 16.5. The first-order chi connectivity index (χ1) is 10.6. The summed E-state index contributed by atoms with van der Waals surface area (Å²) < 4.78 is 5.83. The number of benzene rings is 2. The summed E-state index contributed by atoms with van der Waals surface area (Å²) in [6, 6.07) is 17.6. The quantitative estimate of drug-likeness (QED) is 0.874. The average Bonchev–Trinajstić information content (AvgIpc) is 2.53. The lowest BCUT2D eigenvalue weighted by molar-refractivity contribution is -0.128. The van der Waals surface area contributed by atoms with Gasteiger partial charge in [-0.05, 0) is 43.5 Å². The molecule has 3 heteroatoms. The number of nitrogens with one attached hydrogen (secondary N) is 1. The maximum atomic E-state index is 12.4. The number of hydrogen-bond acceptors (Lipinski definition) is 2. The van der Waals surface area contributed by atoms with Crippen LogP contribution in [0.5, 0.6) is 5.75 Å². The predicted octanol–water partition coefficient (Wildman–Crippen LogP) is 4.03. The van der Waals surface area contributed by atoms with Crippen LogP contribution in [0.4, 0.5) is 0 Å². The molecule has 0 saturated heterocycles. The standard InChI is InChI=1S/C19H23NO2/c1-4-18(22-17-12-8-9-14(2)13-17)19(21)20-15(3)16-10-6-5-7-11-16/h5-13,15,18H,4H2,1-3H3,(H,20,21)/t15-,18+/m0/s1. The largest absolute Gasteiger partial charge is 0.481 e. The topological polar surface area (TPSA) is 38.3 Å². The Labute approximate surface area is 132 Å². The number of amides is 1. The van der Waals surface area contributed by atoms with Gasteiger partial charge in [0.05, 0.1) is 6.04 Å². The van der Waals surface area contributed by atoms with Crippen LogP contribution < -0.4 is 10.1 Å². The summed E-state index contributed by atoms with van der Waals surface area (Å²) in [5, 5.41) is 3.02. The van der Waals surface area contributed by atoms with Crippen LogP contribution in [0.3, 0.4) is 0 Å². The zero-order valence-corrected chi connectivity index (χ0v) is 13.4. The Morgan fingerprint density at radius 1 is 1.14 bits per heavy atom. The normalized spacial score (nSPS) is 13.2. The molecule has 0 unspecified atom stereocenters. The summed E-state index contributed by atoms with van der Waals surface area (Å²) in [5.74, 6) is 0.648. The zero-order chi connectivity index (χ0) is 15.9. The van der Waals surface area contributed by atoms with Gasteiger partial charge in [0.2, 0.25) is 0 Å². The second kappa shape index (κ2) is 7.64. The fourth-order valence-corrected chi connectivity index (χ4v) is 2.31. The van der Waals surface area contributed by atoms with E-state index in [9.17, 15) is 4.79 Å². The molecule has 0 aliphatic rings. The van der Waals surface area contributed by atoms with Gasteiger partial charge in [0.1, 0.15) is 5.75 Å². The smallest absolute Gasteiger partial charge is 0.261 e. The Morgan fingerprint density at radius 3 is 2.50 bits per heavy atom. The fraction of sp³-hybridized carbons (Fsp3) is 0.316. The lowest BCUT2D eigenvalue weighted by atomic mass is 10.1. The Hall–Kier alpha value is -2.29. The number of rotatable bonds is 6. The van der Waals surface area contributed by atoms with Crippen LogP contribution in [-0.4, -0.2) is 12.0 Å². The summed E-state index contributed by atoms with van der Waals surface area (Å²) in [6.07, 6.45) is 0.148. The number of ether oxygens (including phenoxy) is 1. The lowest BCUT2D eigenvalue weighted by Crippen LogP contribution is -2.39. The first-order valence-electron chi connectivity index (χ1n) is 7.68. The summed E-state index contributed by atoms with van der Waals surface area (Å²) >= 11 is 0. The van der Waals surface area contributed by atoms with E-state index in [4.69, 9.17) is 4.74 Å². The fourth-order valence-electron chi connectivity index (χ4n) is 2.31. The molecule has 0 radical (unpaired) electrons. The maximum absolute atomic E-state index is 12.4. The predicted molar refractivity (Wildman–Crippen MR) is 88.9 cm³/mol. The van der Waals surface area contributed by atoms with Crippen LogP contribution in [0.25, 0.3) is 0 Å². The molecular weight excluding hydrogens is 274 g/mol. The van der Waals surface area contributed by atoms with Gasteiger partial charge in [-0.25, -0.2) is 0 Å². The molecule has 1 amide bonds. The second-order valence-corrected chi connectivity index (χ2v) is 5.47. The Balaban J connectivity index is 2.00. The molecule has 0 aliphatic heterocycles. The van der Waals surface area contributed by atoms with Crippen molar-refractivity contribution in [2.24, 2.45) is 0 Å². The van der Waals surface area contributed by atoms with Crippen LogP contribution in [0, 0.1) is 6.92 Å². The zero-order valence-electron chi connectivity index (χ0n) is 13.4. The summed E-state index contributed by atoms with van der Waals surface area (Å²) in [6.45, 7) is 5.94. The monoisotopic (exact) mass is 297 g/mol. The highest BCUT2D eigenvalue weighted by Gasteiger charge is 2.20. The van der Waals surface area contributed by atoms with Crippen molar-refractivity contribution in [3.8, 4) is 5.75 Å². The van der Waals surface area contributed by atoms with Gasteiger partial charge in [-0.3, -0.25) is 4.79 Å². The Morgan fingerprint density at radius 2 is 1.86 bits per heavy atom. The van der Waals surface area contributed by atoms with Crippen molar-refractivity contribution in [1.29, 1.82) is 0 Å². The minimum absolute atomic E-state index is 0.0381. The van der Waals surface area contributed by atoms with Crippen molar-refractivity contribution in [3.05, 3.63) is 65.7 Å². The van der Waals surface area contributed by atoms with Gasteiger partial charge in [-0.2, -0.15) is 0 Å². The molecule has 2 atom stereocenters. The average molecular weight is 297 g/mol. The van der Waals surface area contributed by atoms with Crippen molar-refractivity contribution >= 4 is 5.91 Å². The molecule has 22 heavy (non-hydrogen) atoms. The van der Waals surface area contributed by atoms with Gasteiger partial charge < -0.3 is 10.1 Å². The van der Waals surface area contributed by atoms with E-state index in [2.05, 4.69) is 5.32 Å². The van der Waals surface area contributed by atoms with E-state index in [1.54, 1.807) is 0 Å². The first kappa shape index (κ1) is 16.1. The van der Waals surface area contributed by atoms with Gasteiger partial charge in [-0.1, -0.05) is 49.4 Å². The van der Waals surface area contributed by atoms with Crippen LogP contribution in [0.2, 0.25) is 0 Å². The molecule has 0 spiro atoms. The number of hydrogen-bond donors (Lipinski definition) is 1. The number of aryl methyl sites for hydroxylation is 1. The van der Waals surface area contributed by atoms with Gasteiger partial charge in [0.25, 0.3) is 5.91 Å². The molecule has 1 N–H and O–H groups in total. The van der Waals surface area contributed by atoms with Crippen LogP contribution in [0.15, 0.2) is 54.6 Å². The molecule has 2 rings (SSSR count). The highest BCUT2D eigenvalue weighted by molar-refractivity contribution is 5.81. The highest BCUT2D eigenvalue weighted by Crippen LogP contribution is 2.17. The third-order valence-electron chi connectivity index (χ3n) is 3.59. The van der Waals surface area contributed by atoms with Crippen molar-refractivity contribution < 1.29 is 9.53 Å². The van der Waals surface area contributed by atoms with Gasteiger partial charge in [0, 0.05) is 0 Å². The van der Waals surface area contributed by atoms with Gasteiger partial charge >= 0.3 is 0 Å². The summed E-state index contributed by atoms with van der Waals surface area (Å²) in [5.41, 5.74) is 2.20. The van der Waals surface area contributed by atoms with Crippen LogP contribution >= 0.6 is 0 Å². The van der Waals surface area contributed by atoms with E-state index in [-0.39, 0.29) is 11.9 Å². The third kappa shape index (κ3) is 4.35. The Kier molecular flexibility index (Phi) is 5.59. The van der Waals surface area contributed by atoms with Gasteiger partial charge in [0.15, 0.2) is 6.10 Å². The SMILES string of the molecule is CC[C@@H](Oc1cccc(C)c1)C(=O)N[C@@H](C)c1ccccc1. The first-order valence-corrected chi connectivity index (χ1v) is 7.68. The molecule has 0 bridgehead atoms.